The summed E-state index contributed by atoms with van der Waals surface area (Å²) in [6.07, 6.45) is -6.42. The monoisotopic (exact) mass is 508 g/mol. The fourth-order valence-electron chi connectivity index (χ4n) is 4.47. The Kier molecular flexibility index (Phi) is 7.16. The van der Waals surface area contributed by atoms with E-state index in [0.29, 0.717) is 31.7 Å². The minimum absolute atomic E-state index is 0.101. The second-order valence-corrected chi connectivity index (χ2v) is 8.64. The van der Waals surface area contributed by atoms with Gasteiger partial charge in [0.15, 0.2) is 12.3 Å². The highest BCUT2D eigenvalue weighted by molar-refractivity contribution is 5.76. The van der Waals surface area contributed by atoms with E-state index in [0.717, 1.165) is 18.2 Å². The van der Waals surface area contributed by atoms with Crippen LogP contribution in [0.1, 0.15) is 59.9 Å². The number of fused-ring (bicyclic) bond motifs is 3. The van der Waals surface area contributed by atoms with E-state index in [-0.39, 0.29) is 22.3 Å². The van der Waals surface area contributed by atoms with Gasteiger partial charge in [0.1, 0.15) is 28.8 Å². The molecule has 0 heterocycles. The van der Waals surface area contributed by atoms with Crippen LogP contribution in [0.5, 0.6) is 5.75 Å². The van der Waals surface area contributed by atoms with E-state index in [1.54, 1.807) is 13.0 Å². The Morgan fingerprint density at radius 1 is 0.861 bits per heavy atom. The van der Waals surface area contributed by atoms with Gasteiger partial charge in [-0.2, -0.15) is 8.78 Å². The second-order valence-electron chi connectivity index (χ2n) is 8.64. The fourth-order valence-corrected chi connectivity index (χ4v) is 4.47. The zero-order valence-electron chi connectivity index (χ0n) is 19.4. The summed E-state index contributed by atoms with van der Waals surface area (Å²) in [5.74, 6) is -4.00. The van der Waals surface area contributed by atoms with E-state index in [1.165, 1.54) is 18.2 Å². The number of ether oxygens (including phenoxy) is 1. The van der Waals surface area contributed by atoms with Gasteiger partial charge >= 0.3 is 6.11 Å². The fraction of sp³-hybridized carbons (Fsp3) is 0.286. The van der Waals surface area contributed by atoms with Crippen molar-refractivity contribution in [3.63, 3.8) is 0 Å². The van der Waals surface area contributed by atoms with Crippen LogP contribution in [0, 0.1) is 17.5 Å². The molecule has 0 N–H and O–H groups in total. The summed E-state index contributed by atoms with van der Waals surface area (Å²) in [5.41, 5.74) is -2.72. The first-order valence-electron chi connectivity index (χ1n) is 11.5. The molecule has 0 spiro atoms. The average Bonchev–Trinajstić information content (AvgIpc) is 2.83. The van der Waals surface area contributed by atoms with Gasteiger partial charge in [-0.3, -0.25) is 0 Å². The molecule has 2 unspecified atom stereocenters. The minimum Gasteiger partial charge on any atom is -0.429 e. The number of hydrogen-bond acceptors (Lipinski definition) is 1. The molecule has 2 atom stereocenters. The normalized spacial score (nSPS) is 16.9. The Balaban J connectivity index is 1.73. The van der Waals surface area contributed by atoms with Crippen LogP contribution in [-0.4, -0.2) is 0 Å². The Morgan fingerprint density at radius 2 is 1.47 bits per heavy atom. The molecule has 0 aliphatic heterocycles. The standard InChI is InChI=1S/C28H23F7O/c1-3-5-7-15-8-10-17(14-21(15)29)36-28(34,35)20-13-12-19-18-11-9-16(6-4-2)24(30)22(18)26(32)27(33)23(19)25(20)31/h3,8-14,26-27H,1,4-7H2,2H3. The highest BCUT2D eigenvalue weighted by Crippen LogP contribution is 2.52. The maximum absolute atomic E-state index is 15.3. The summed E-state index contributed by atoms with van der Waals surface area (Å²) in [6.45, 7) is 5.33. The van der Waals surface area contributed by atoms with Crippen LogP contribution in [0.15, 0.2) is 55.1 Å². The Hall–Kier alpha value is -3.29. The molecule has 0 saturated carbocycles. The van der Waals surface area contributed by atoms with E-state index >= 15 is 13.2 Å². The van der Waals surface area contributed by atoms with Crippen LogP contribution in [0.2, 0.25) is 0 Å². The third-order valence-electron chi connectivity index (χ3n) is 6.26. The van der Waals surface area contributed by atoms with Gasteiger partial charge in [0.2, 0.25) is 0 Å². The van der Waals surface area contributed by atoms with Crippen molar-refractivity contribution < 1.29 is 35.5 Å². The summed E-state index contributed by atoms with van der Waals surface area (Å²) in [4.78, 5) is 0. The summed E-state index contributed by atoms with van der Waals surface area (Å²) < 4.78 is 109. The zero-order chi connectivity index (χ0) is 26.2. The average molecular weight is 508 g/mol. The number of allylic oxidation sites excluding steroid dienone is 1. The molecular formula is C28H23F7O. The van der Waals surface area contributed by atoms with Crippen molar-refractivity contribution in [1.82, 2.24) is 0 Å². The van der Waals surface area contributed by atoms with Gasteiger partial charge in [0.05, 0.1) is 0 Å². The third kappa shape index (κ3) is 4.49. The predicted molar refractivity (Wildman–Crippen MR) is 123 cm³/mol. The molecule has 36 heavy (non-hydrogen) atoms. The quantitative estimate of drug-likeness (QED) is 0.218. The summed E-state index contributed by atoms with van der Waals surface area (Å²) in [5, 5.41) is 0. The lowest BCUT2D eigenvalue weighted by atomic mass is 9.80. The van der Waals surface area contributed by atoms with Gasteiger partial charge < -0.3 is 4.74 Å². The molecule has 4 rings (SSSR count). The molecule has 0 bridgehead atoms. The lowest BCUT2D eigenvalue weighted by Crippen LogP contribution is -2.26. The van der Waals surface area contributed by atoms with E-state index in [1.807, 2.05) is 0 Å². The topological polar surface area (TPSA) is 9.23 Å². The molecule has 0 saturated heterocycles. The Labute approximate surface area is 204 Å². The van der Waals surface area contributed by atoms with Gasteiger partial charge in [-0.15, -0.1) is 6.58 Å². The van der Waals surface area contributed by atoms with Crippen molar-refractivity contribution in [2.75, 3.05) is 0 Å². The number of rotatable bonds is 8. The largest absolute Gasteiger partial charge is 0.429 e. The van der Waals surface area contributed by atoms with Gasteiger partial charge in [-0.1, -0.05) is 43.7 Å². The molecule has 3 aromatic carbocycles. The first kappa shape index (κ1) is 25.8. The van der Waals surface area contributed by atoms with Crippen LogP contribution in [0.3, 0.4) is 0 Å². The molecule has 3 aromatic rings. The summed E-state index contributed by atoms with van der Waals surface area (Å²) in [6, 6.07) is 7.50. The SMILES string of the molecule is C=CCCc1ccc(OC(F)(F)c2ccc3c(c2F)C(F)C(F)c2c-3ccc(CCC)c2F)cc1F. The van der Waals surface area contributed by atoms with Crippen LogP contribution >= 0.6 is 0 Å². The second kappa shape index (κ2) is 9.99. The molecule has 1 nitrogen and oxygen atoms in total. The first-order chi connectivity index (χ1) is 17.1. The summed E-state index contributed by atoms with van der Waals surface area (Å²) in [7, 11) is 0. The van der Waals surface area contributed by atoms with Crippen LogP contribution in [-0.2, 0) is 19.0 Å². The number of hydrogen-bond donors (Lipinski definition) is 0. The highest BCUT2D eigenvalue weighted by atomic mass is 19.3. The summed E-state index contributed by atoms with van der Waals surface area (Å²) >= 11 is 0. The van der Waals surface area contributed by atoms with Crippen molar-refractivity contribution in [2.45, 2.75) is 51.1 Å². The molecule has 0 fully saturated rings. The van der Waals surface area contributed by atoms with Gasteiger partial charge in [-0.25, -0.2) is 22.0 Å². The molecule has 0 amide bonds. The van der Waals surface area contributed by atoms with E-state index in [2.05, 4.69) is 11.3 Å². The predicted octanol–water partition coefficient (Wildman–Crippen LogP) is 9.01. The van der Waals surface area contributed by atoms with Crippen LogP contribution < -0.4 is 4.74 Å². The zero-order valence-corrected chi connectivity index (χ0v) is 19.4. The lowest BCUT2D eigenvalue weighted by Gasteiger charge is -2.29. The molecule has 1 aliphatic carbocycles. The number of alkyl halides is 4. The van der Waals surface area contributed by atoms with E-state index in [4.69, 9.17) is 0 Å². The number of benzene rings is 3. The number of aryl methyl sites for hydroxylation is 2. The highest BCUT2D eigenvalue weighted by Gasteiger charge is 2.44. The van der Waals surface area contributed by atoms with E-state index < -0.39 is 58.3 Å². The molecule has 1 aliphatic rings. The molecule has 8 heteroatoms. The van der Waals surface area contributed by atoms with Crippen LogP contribution in [0.25, 0.3) is 11.1 Å². The van der Waals surface area contributed by atoms with Gasteiger partial charge in [0, 0.05) is 17.2 Å². The van der Waals surface area contributed by atoms with Crippen molar-refractivity contribution in [3.8, 4) is 16.9 Å². The lowest BCUT2D eigenvalue weighted by molar-refractivity contribution is -0.187. The maximum atomic E-state index is 15.3. The third-order valence-corrected chi connectivity index (χ3v) is 6.26. The molecule has 0 radical (unpaired) electrons. The van der Waals surface area contributed by atoms with Gasteiger partial charge in [0.25, 0.3) is 0 Å². The van der Waals surface area contributed by atoms with Crippen molar-refractivity contribution in [1.29, 1.82) is 0 Å². The van der Waals surface area contributed by atoms with E-state index in [9.17, 15) is 17.6 Å². The maximum Gasteiger partial charge on any atom is 0.429 e. The minimum atomic E-state index is -4.34. The smallest absolute Gasteiger partial charge is 0.429 e. The molecule has 190 valence electrons. The Bertz CT molecular complexity index is 1300. The molecular weight excluding hydrogens is 485 g/mol. The van der Waals surface area contributed by atoms with Crippen LogP contribution in [0.4, 0.5) is 30.7 Å². The molecule has 0 aromatic heterocycles. The van der Waals surface area contributed by atoms with Crippen molar-refractivity contribution >= 4 is 0 Å². The first-order valence-corrected chi connectivity index (χ1v) is 11.5. The van der Waals surface area contributed by atoms with Gasteiger partial charge in [-0.05, 0) is 53.6 Å². The van der Waals surface area contributed by atoms with Crippen molar-refractivity contribution in [3.05, 3.63) is 100 Å². The van der Waals surface area contributed by atoms with Crippen molar-refractivity contribution in [2.24, 2.45) is 0 Å². The Morgan fingerprint density at radius 3 is 2.08 bits per heavy atom. The number of halogens is 7.